The Morgan fingerprint density at radius 3 is 2.92 bits per heavy atom. The Labute approximate surface area is 87.0 Å². The fourth-order valence-corrected chi connectivity index (χ4v) is 2.20. The van der Waals surface area contributed by atoms with Crippen LogP contribution in [0.4, 0.5) is 0 Å². The summed E-state index contributed by atoms with van der Waals surface area (Å²) in [4.78, 5) is 11.1. The summed E-state index contributed by atoms with van der Waals surface area (Å²) in [5, 5.41) is -0.523. The second-order valence-electron chi connectivity index (χ2n) is 1.84. The highest BCUT2D eigenvalue weighted by molar-refractivity contribution is 9.10. The van der Waals surface area contributed by atoms with Gasteiger partial charge in [-0.1, -0.05) is 0 Å². The highest BCUT2D eigenvalue weighted by Gasteiger charge is 2.16. The van der Waals surface area contributed by atoms with Crippen LogP contribution in [0.2, 0.25) is 0 Å². The van der Waals surface area contributed by atoms with E-state index in [2.05, 4.69) is 20.3 Å². The number of carbonyl (C=O) groups excluding carboxylic acids is 1. The van der Waals surface area contributed by atoms with Gasteiger partial charge in [0.1, 0.15) is 9.35 Å². The molecule has 0 bridgehead atoms. The van der Waals surface area contributed by atoms with Crippen molar-refractivity contribution in [2.45, 2.75) is 6.92 Å². The van der Waals surface area contributed by atoms with E-state index in [1.807, 2.05) is 6.92 Å². The van der Waals surface area contributed by atoms with Gasteiger partial charge in [-0.15, -0.1) is 0 Å². The highest BCUT2D eigenvalue weighted by Crippen LogP contribution is 2.32. The van der Waals surface area contributed by atoms with Crippen LogP contribution < -0.4 is 4.74 Å². The molecule has 1 heterocycles. The minimum absolute atomic E-state index is 0.375. The van der Waals surface area contributed by atoms with E-state index < -0.39 is 5.24 Å². The molecular formula is C6H5BrClNO2S. The molecule has 0 saturated carbocycles. The molecule has 0 aliphatic carbocycles. The number of ether oxygens (including phenoxy) is 1. The molecular weight excluding hydrogens is 265 g/mol. The van der Waals surface area contributed by atoms with Crippen LogP contribution in [0.3, 0.4) is 0 Å². The van der Waals surface area contributed by atoms with Gasteiger partial charge in [-0.05, 0) is 46.0 Å². The van der Waals surface area contributed by atoms with Gasteiger partial charge in [0.2, 0.25) is 5.88 Å². The van der Waals surface area contributed by atoms with Gasteiger partial charge in [-0.25, -0.2) is 0 Å². The van der Waals surface area contributed by atoms with Crippen LogP contribution in [0.25, 0.3) is 0 Å². The molecule has 3 nitrogen and oxygen atoms in total. The molecule has 0 fully saturated rings. The predicted molar refractivity (Wildman–Crippen MR) is 51.2 cm³/mol. The zero-order chi connectivity index (χ0) is 9.14. The molecule has 66 valence electrons. The van der Waals surface area contributed by atoms with Gasteiger partial charge in [-0.3, -0.25) is 4.79 Å². The van der Waals surface area contributed by atoms with Gasteiger partial charge in [-0.2, -0.15) is 4.37 Å². The second-order valence-corrected chi connectivity index (χ2v) is 3.75. The van der Waals surface area contributed by atoms with Gasteiger partial charge in [0.05, 0.1) is 6.61 Å². The van der Waals surface area contributed by atoms with Crippen LogP contribution in [0.15, 0.2) is 4.47 Å². The molecule has 0 radical (unpaired) electrons. The summed E-state index contributed by atoms with van der Waals surface area (Å²) in [6, 6.07) is 0. The number of nitrogens with zero attached hydrogens (tertiary/aromatic N) is 1. The molecule has 1 aromatic heterocycles. The zero-order valence-corrected chi connectivity index (χ0v) is 9.29. The number of halogens is 2. The zero-order valence-electron chi connectivity index (χ0n) is 6.13. The van der Waals surface area contributed by atoms with Crippen molar-refractivity contribution in [2.75, 3.05) is 6.61 Å². The molecule has 0 unspecified atom stereocenters. The van der Waals surface area contributed by atoms with Crippen molar-refractivity contribution in [3.63, 3.8) is 0 Å². The molecule has 0 saturated heterocycles. The molecule has 0 spiro atoms. The summed E-state index contributed by atoms with van der Waals surface area (Å²) in [6.07, 6.45) is 0. The summed E-state index contributed by atoms with van der Waals surface area (Å²) < 4.78 is 9.54. The molecule has 0 atom stereocenters. The Kier molecular flexibility index (Phi) is 3.49. The molecule has 0 amide bonds. The van der Waals surface area contributed by atoms with Crippen molar-refractivity contribution in [1.29, 1.82) is 0 Å². The Balaban J connectivity index is 2.96. The normalized spacial score (nSPS) is 9.92. The monoisotopic (exact) mass is 269 g/mol. The molecule has 0 aromatic carbocycles. The highest BCUT2D eigenvalue weighted by atomic mass is 79.9. The van der Waals surface area contributed by atoms with Crippen LogP contribution in [-0.2, 0) is 0 Å². The van der Waals surface area contributed by atoms with Crippen molar-refractivity contribution < 1.29 is 9.53 Å². The fraction of sp³-hybridized carbons (Fsp3) is 0.333. The van der Waals surface area contributed by atoms with Crippen molar-refractivity contribution in [1.82, 2.24) is 4.37 Å². The minimum atomic E-state index is -0.523. The number of rotatable bonds is 3. The summed E-state index contributed by atoms with van der Waals surface area (Å²) >= 11 is 9.46. The fourth-order valence-electron chi connectivity index (χ4n) is 0.613. The van der Waals surface area contributed by atoms with Crippen molar-refractivity contribution >= 4 is 44.3 Å². The number of hydrogen-bond donors (Lipinski definition) is 0. The first-order valence-corrected chi connectivity index (χ1v) is 5.09. The van der Waals surface area contributed by atoms with Crippen LogP contribution in [0, 0.1) is 0 Å². The average molecular weight is 271 g/mol. The van der Waals surface area contributed by atoms with Crippen LogP contribution in [0.1, 0.15) is 16.6 Å². The standard InChI is InChI=1S/C6H5BrClNO2S/c1-2-11-6-3(7)4(5(8)10)12-9-6/h2H2,1H3. The Morgan fingerprint density at radius 1 is 1.83 bits per heavy atom. The molecule has 1 aromatic rings. The minimum Gasteiger partial charge on any atom is -0.477 e. The SMILES string of the molecule is CCOc1nsc(C(=O)Cl)c1Br. The molecule has 12 heavy (non-hydrogen) atoms. The van der Waals surface area contributed by atoms with E-state index in [1.165, 1.54) is 0 Å². The van der Waals surface area contributed by atoms with E-state index >= 15 is 0 Å². The molecule has 1 rings (SSSR count). The van der Waals surface area contributed by atoms with Crippen LogP contribution in [0.5, 0.6) is 5.88 Å². The van der Waals surface area contributed by atoms with E-state index in [1.54, 1.807) is 0 Å². The summed E-state index contributed by atoms with van der Waals surface area (Å²) in [5.41, 5.74) is 0. The van der Waals surface area contributed by atoms with E-state index in [0.717, 1.165) is 11.5 Å². The van der Waals surface area contributed by atoms with Gasteiger partial charge in [0, 0.05) is 0 Å². The van der Waals surface area contributed by atoms with Gasteiger partial charge in [0.25, 0.3) is 5.24 Å². The quantitative estimate of drug-likeness (QED) is 0.793. The first-order valence-electron chi connectivity index (χ1n) is 3.14. The third kappa shape index (κ3) is 1.97. The van der Waals surface area contributed by atoms with E-state index in [0.29, 0.717) is 21.8 Å². The topological polar surface area (TPSA) is 39.2 Å². The maximum Gasteiger partial charge on any atom is 0.265 e. The largest absolute Gasteiger partial charge is 0.477 e. The molecule has 6 heteroatoms. The predicted octanol–water partition coefficient (Wildman–Crippen LogP) is 2.68. The number of hydrogen-bond acceptors (Lipinski definition) is 4. The lowest BCUT2D eigenvalue weighted by Crippen LogP contribution is -1.92. The number of carbonyl (C=O) groups is 1. The lowest BCUT2D eigenvalue weighted by molar-refractivity contribution is 0.108. The van der Waals surface area contributed by atoms with Gasteiger partial charge < -0.3 is 4.74 Å². The lowest BCUT2D eigenvalue weighted by atomic mass is 10.5. The molecule has 0 N–H and O–H groups in total. The van der Waals surface area contributed by atoms with E-state index in [4.69, 9.17) is 16.3 Å². The maximum atomic E-state index is 10.7. The first kappa shape index (κ1) is 9.95. The molecule has 0 aliphatic heterocycles. The summed E-state index contributed by atoms with van der Waals surface area (Å²) in [7, 11) is 0. The Hall–Kier alpha value is -0.130. The van der Waals surface area contributed by atoms with E-state index in [-0.39, 0.29) is 0 Å². The first-order chi connectivity index (χ1) is 5.66. The molecule has 0 aliphatic rings. The van der Waals surface area contributed by atoms with Crippen molar-refractivity contribution in [2.24, 2.45) is 0 Å². The smallest absolute Gasteiger partial charge is 0.265 e. The van der Waals surface area contributed by atoms with Crippen LogP contribution >= 0.6 is 39.1 Å². The van der Waals surface area contributed by atoms with Crippen molar-refractivity contribution in [3.8, 4) is 5.88 Å². The van der Waals surface area contributed by atoms with Gasteiger partial charge >= 0.3 is 0 Å². The third-order valence-corrected chi connectivity index (χ3v) is 3.19. The Morgan fingerprint density at radius 2 is 2.50 bits per heavy atom. The summed E-state index contributed by atoms with van der Waals surface area (Å²) in [6.45, 7) is 2.35. The number of aromatic nitrogens is 1. The van der Waals surface area contributed by atoms with E-state index in [9.17, 15) is 4.79 Å². The maximum absolute atomic E-state index is 10.7. The lowest BCUT2D eigenvalue weighted by Gasteiger charge is -1.96. The van der Waals surface area contributed by atoms with Gasteiger partial charge in [0.15, 0.2) is 0 Å². The third-order valence-electron chi connectivity index (χ3n) is 1.07. The van der Waals surface area contributed by atoms with Crippen molar-refractivity contribution in [3.05, 3.63) is 9.35 Å². The summed E-state index contributed by atoms with van der Waals surface area (Å²) in [5.74, 6) is 0.423. The average Bonchev–Trinajstić information content (AvgIpc) is 2.34. The Bertz CT molecular complexity index is 302. The second kappa shape index (κ2) is 4.20. The van der Waals surface area contributed by atoms with Crippen LogP contribution in [-0.4, -0.2) is 16.2 Å².